The Balaban J connectivity index is 2.55. The number of nitrogens with one attached hydrogen (secondary N) is 1. The maximum absolute atomic E-state index is 5.04. The maximum Gasteiger partial charge on any atom is 0.321 e. The number of aryl methyl sites for hydroxylation is 1. The largest absolute Gasteiger partial charge is 0.467 e. The lowest BCUT2D eigenvalue weighted by Crippen LogP contribution is -2.03. The predicted octanol–water partition coefficient (Wildman–Crippen LogP) is 1.29. The lowest BCUT2D eigenvalue weighted by Gasteiger charge is -2.07. The molecule has 2 aromatic heterocycles. The normalized spacial score (nSPS) is 10.1. The number of methoxy groups -OCH3 is 1. The quantitative estimate of drug-likeness (QED) is 0.858. The zero-order valence-corrected chi connectivity index (χ0v) is 9.93. The van der Waals surface area contributed by atoms with Gasteiger partial charge in [0.1, 0.15) is 0 Å². The summed E-state index contributed by atoms with van der Waals surface area (Å²) in [5, 5.41) is 2.87. The van der Waals surface area contributed by atoms with Crippen LogP contribution in [0.15, 0.2) is 18.5 Å². The van der Waals surface area contributed by atoms with E-state index >= 15 is 0 Å². The van der Waals surface area contributed by atoms with Crippen LogP contribution in [0.25, 0.3) is 11.4 Å². The van der Waals surface area contributed by atoms with Crippen molar-refractivity contribution in [3.05, 3.63) is 24.0 Å². The van der Waals surface area contributed by atoms with Crippen molar-refractivity contribution in [3.63, 3.8) is 0 Å². The van der Waals surface area contributed by atoms with Crippen LogP contribution in [-0.2, 0) is 0 Å². The fraction of sp³-hybridized carbons (Fsp3) is 0.273. The van der Waals surface area contributed by atoms with Gasteiger partial charge in [-0.2, -0.15) is 15.0 Å². The number of nitrogens with zero attached hydrogens (tertiary/aromatic N) is 4. The average Bonchev–Trinajstić information content (AvgIpc) is 2.38. The fourth-order valence-corrected chi connectivity index (χ4v) is 1.38. The topological polar surface area (TPSA) is 72.8 Å². The Bertz CT molecular complexity index is 507. The van der Waals surface area contributed by atoms with Crippen LogP contribution in [0.1, 0.15) is 5.56 Å². The van der Waals surface area contributed by atoms with Crippen molar-refractivity contribution in [2.24, 2.45) is 0 Å². The predicted molar refractivity (Wildman–Crippen MR) is 63.9 cm³/mol. The molecule has 6 nitrogen and oxygen atoms in total. The van der Waals surface area contributed by atoms with E-state index in [-0.39, 0.29) is 6.01 Å². The van der Waals surface area contributed by atoms with Gasteiger partial charge in [-0.15, -0.1) is 0 Å². The molecule has 0 saturated carbocycles. The van der Waals surface area contributed by atoms with E-state index in [1.807, 2.05) is 13.0 Å². The average molecular weight is 231 g/mol. The molecule has 0 radical (unpaired) electrons. The highest BCUT2D eigenvalue weighted by molar-refractivity contribution is 5.59. The van der Waals surface area contributed by atoms with Gasteiger partial charge in [-0.25, -0.2) is 0 Å². The third-order valence-electron chi connectivity index (χ3n) is 2.30. The summed E-state index contributed by atoms with van der Waals surface area (Å²) in [5.41, 5.74) is 1.92. The molecule has 2 aromatic rings. The van der Waals surface area contributed by atoms with Crippen molar-refractivity contribution in [2.75, 3.05) is 19.5 Å². The summed E-state index contributed by atoms with van der Waals surface area (Å²) in [4.78, 5) is 16.6. The Morgan fingerprint density at radius 3 is 2.71 bits per heavy atom. The minimum atomic E-state index is 0.280. The van der Waals surface area contributed by atoms with Gasteiger partial charge in [-0.05, 0) is 18.6 Å². The van der Waals surface area contributed by atoms with E-state index in [1.165, 1.54) is 7.11 Å². The molecule has 2 heterocycles. The number of hydrogen-bond acceptors (Lipinski definition) is 6. The van der Waals surface area contributed by atoms with Gasteiger partial charge in [0.05, 0.1) is 7.11 Å². The first-order valence-electron chi connectivity index (χ1n) is 5.13. The third-order valence-corrected chi connectivity index (χ3v) is 2.30. The number of ether oxygens (including phenoxy) is 1. The molecule has 88 valence electrons. The van der Waals surface area contributed by atoms with E-state index in [2.05, 4.69) is 25.3 Å². The van der Waals surface area contributed by atoms with Crippen molar-refractivity contribution >= 4 is 5.95 Å². The van der Waals surface area contributed by atoms with Gasteiger partial charge in [0.2, 0.25) is 5.95 Å². The summed E-state index contributed by atoms with van der Waals surface area (Å²) >= 11 is 0. The highest BCUT2D eigenvalue weighted by Gasteiger charge is 2.10. The van der Waals surface area contributed by atoms with Crippen molar-refractivity contribution < 1.29 is 4.74 Å². The van der Waals surface area contributed by atoms with Gasteiger partial charge in [-0.3, -0.25) is 4.98 Å². The van der Waals surface area contributed by atoms with Crippen molar-refractivity contribution in [2.45, 2.75) is 6.92 Å². The second kappa shape index (κ2) is 4.73. The van der Waals surface area contributed by atoms with E-state index in [4.69, 9.17) is 4.74 Å². The molecule has 0 aromatic carbocycles. The number of aromatic nitrogens is 4. The van der Waals surface area contributed by atoms with E-state index in [1.54, 1.807) is 19.4 Å². The van der Waals surface area contributed by atoms with Crippen molar-refractivity contribution in [1.82, 2.24) is 19.9 Å². The highest BCUT2D eigenvalue weighted by Crippen LogP contribution is 2.20. The fourth-order valence-electron chi connectivity index (χ4n) is 1.38. The Morgan fingerprint density at radius 2 is 2.06 bits per heavy atom. The van der Waals surface area contributed by atoms with Gasteiger partial charge >= 0.3 is 6.01 Å². The van der Waals surface area contributed by atoms with Crippen LogP contribution in [0, 0.1) is 6.92 Å². The molecule has 0 bridgehead atoms. The molecule has 1 N–H and O–H groups in total. The van der Waals surface area contributed by atoms with Crippen LogP contribution in [0.3, 0.4) is 0 Å². The lowest BCUT2D eigenvalue weighted by atomic mass is 10.1. The molecular weight excluding hydrogens is 218 g/mol. The monoisotopic (exact) mass is 231 g/mol. The molecule has 0 aliphatic rings. The van der Waals surface area contributed by atoms with Crippen LogP contribution in [0.2, 0.25) is 0 Å². The second-order valence-electron chi connectivity index (χ2n) is 3.41. The van der Waals surface area contributed by atoms with Gasteiger partial charge in [-0.1, -0.05) is 0 Å². The highest BCUT2D eigenvalue weighted by atomic mass is 16.5. The first kappa shape index (κ1) is 11.3. The summed E-state index contributed by atoms with van der Waals surface area (Å²) in [7, 11) is 3.27. The Morgan fingerprint density at radius 1 is 1.24 bits per heavy atom. The minimum Gasteiger partial charge on any atom is -0.467 e. The first-order chi connectivity index (χ1) is 8.24. The Hall–Kier alpha value is -2.24. The molecule has 0 atom stereocenters. The number of pyridine rings is 1. The molecule has 0 aliphatic heterocycles. The minimum absolute atomic E-state index is 0.280. The Kier molecular flexibility index (Phi) is 3.13. The second-order valence-corrected chi connectivity index (χ2v) is 3.41. The molecule has 0 fully saturated rings. The molecule has 0 aliphatic carbocycles. The van der Waals surface area contributed by atoms with Crippen molar-refractivity contribution in [3.8, 4) is 17.4 Å². The van der Waals surface area contributed by atoms with Gasteiger partial charge in [0.25, 0.3) is 0 Å². The van der Waals surface area contributed by atoms with Crippen LogP contribution < -0.4 is 10.1 Å². The SMILES string of the molecule is CNc1nc(OC)nc(-c2cnccc2C)n1. The standard InChI is InChI=1S/C11H13N5O/c1-7-4-5-13-6-8(7)9-14-10(12-2)16-11(15-9)17-3/h4-6H,1-3H3,(H,12,14,15,16). The summed E-state index contributed by atoms with van der Waals surface area (Å²) in [6, 6.07) is 2.19. The van der Waals surface area contributed by atoms with Gasteiger partial charge in [0.15, 0.2) is 5.82 Å². The summed E-state index contributed by atoms with van der Waals surface area (Å²) in [6.45, 7) is 1.98. The smallest absolute Gasteiger partial charge is 0.321 e. The Labute approximate surface area is 99.1 Å². The van der Waals surface area contributed by atoms with E-state index in [9.17, 15) is 0 Å². The molecule has 6 heteroatoms. The third kappa shape index (κ3) is 2.30. The molecule has 17 heavy (non-hydrogen) atoms. The van der Waals surface area contributed by atoms with Crippen LogP contribution in [-0.4, -0.2) is 34.1 Å². The lowest BCUT2D eigenvalue weighted by molar-refractivity contribution is 0.379. The number of hydrogen-bond donors (Lipinski definition) is 1. The van der Waals surface area contributed by atoms with Crippen molar-refractivity contribution in [1.29, 1.82) is 0 Å². The zero-order chi connectivity index (χ0) is 12.3. The van der Waals surface area contributed by atoms with Crippen LogP contribution in [0.5, 0.6) is 6.01 Å². The first-order valence-corrected chi connectivity index (χ1v) is 5.13. The summed E-state index contributed by atoms with van der Waals surface area (Å²) in [5.74, 6) is 1.02. The van der Waals surface area contributed by atoms with Crippen LogP contribution in [0.4, 0.5) is 5.95 Å². The summed E-state index contributed by atoms with van der Waals surface area (Å²) in [6.07, 6.45) is 3.46. The van der Waals surface area contributed by atoms with Crippen LogP contribution >= 0.6 is 0 Å². The van der Waals surface area contributed by atoms with Gasteiger partial charge < -0.3 is 10.1 Å². The molecule has 0 saturated heterocycles. The molecule has 0 spiro atoms. The zero-order valence-electron chi connectivity index (χ0n) is 9.93. The van der Waals surface area contributed by atoms with E-state index in [0.717, 1.165) is 11.1 Å². The van der Waals surface area contributed by atoms with E-state index < -0.39 is 0 Å². The molecule has 0 amide bonds. The van der Waals surface area contributed by atoms with E-state index in [0.29, 0.717) is 11.8 Å². The molecule has 0 unspecified atom stereocenters. The number of rotatable bonds is 3. The summed E-state index contributed by atoms with van der Waals surface area (Å²) < 4.78 is 5.04. The maximum atomic E-state index is 5.04. The van der Waals surface area contributed by atoms with Gasteiger partial charge in [0, 0.05) is 25.0 Å². The molecule has 2 rings (SSSR count). The molecular formula is C11H13N5O. The number of anilines is 1.